The van der Waals surface area contributed by atoms with E-state index in [1.165, 1.54) is 0 Å². The number of hydrogen-bond acceptors (Lipinski definition) is 9. The first kappa shape index (κ1) is 48.3. The molecule has 9 N–H and O–H groups in total. The summed E-state index contributed by atoms with van der Waals surface area (Å²) in [6.45, 7) is 1.47. The second-order valence-electron chi connectivity index (χ2n) is 16.6. The van der Waals surface area contributed by atoms with Gasteiger partial charge >= 0.3 is 0 Å². The SMILES string of the molecule is NCCOCCNC(=O)[C@@H]1CCNC(=O)/C=C/C(=O)N2CCC[C@](Cc3ccccc3)(C2)C(=O)N[C@@H](Cc2ccc(-c3ccc(C(N)=O)cc3)cc2)C(=O)NCc2ccccc2CC(=O)N1. The quantitative estimate of drug-likeness (QED) is 0.103. The number of benzene rings is 4. The fraction of sp³-hybridized carbons (Fsp3) is 0.340. The van der Waals surface area contributed by atoms with Crippen molar-refractivity contribution in [2.45, 2.75) is 57.2 Å². The van der Waals surface area contributed by atoms with Crippen LogP contribution in [0.3, 0.4) is 0 Å². The molecule has 0 saturated carbocycles. The smallest absolute Gasteiger partial charge is 0.248 e. The molecule has 66 heavy (non-hydrogen) atoms. The van der Waals surface area contributed by atoms with Gasteiger partial charge in [0.15, 0.2) is 0 Å². The molecular weight excluding hydrogens is 841 g/mol. The minimum Gasteiger partial charge on any atom is -0.378 e. The van der Waals surface area contributed by atoms with Gasteiger partial charge in [0.2, 0.25) is 41.4 Å². The number of nitrogens with two attached hydrogens (primary N) is 2. The number of piperidine rings is 1. The largest absolute Gasteiger partial charge is 0.378 e. The topological polar surface area (TPSA) is 244 Å². The number of rotatable bonds is 12. The Kier molecular flexibility index (Phi) is 17.3. The van der Waals surface area contributed by atoms with Gasteiger partial charge in [-0.2, -0.15) is 0 Å². The Hall–Kier alpha value is -7.17. The highest BCUT2D eigenvalue weighted by Crippen LogP contribution is 2.35. The first-order chi connectivity index (χ1) is 31.9. The van der Waals surface area contributed by atoms with E-state index >= 15 is 0 Å². The van der Waals surface area contributed by atoms with E-state index in [2.05, 4.69) is 26.6 Å². The lowest BCUT2D eigenvalue weighted by molar-refractivity contribution is -0.141. The number of fused-ring (bicyclic) bond motifs is 3. The Morgan fingerprint density at radius 3 is 2.20 bits per heavy atom. The van der Waals surface area contributed by atoms with E-state index in [4.69, 9.17) is 16.2 Å². The van der Waals surface area contributed by atoms with Crippen molar-refractivity contribution in [3.8, 4) is 11.1 Å². The first-order valence-corrected chi connectivity index (χ1v) is 22.2. The molecule has 7 amide bonds. The van der Waals surface area contributed by atoms with Crippen molar-refractivity contribution in [2.75, 3.05) is 45.9 Å². The maximum absolute atomic E-state index is 14.9. The highest BCUT2D eigenvalue weighted by atomic mass is 16.5. The summed E-state index contributed by atoms with van der Waals surface area (Å²) in [5.41, 5.74) is 14.8. The second kappa shape index (κ2) is 23.7. The summed E-state index contributed by atoms with van der Waals surface area (Å²) in [6, 6.07) is 29.0. The molecule has 0 aromatic heterocycles. The maximum Gasteiger partial charge on any atom is 0.248 e. The standard InChI is InChI=1S/C50H58N8O8/c51-23-27-66-28-25-54-47(63)41-21-24-53-43(59)19-20-45(61)58-26-6-22-50(33-58,31-35-7-2-1-3-8-35)49(65)57-42(48(64)55-32-40-10-5-4-9-39(40)30-44(60)56-41)29-34-11-13-36(14-12-34)37-15-17-38(18-16-37)46(52)62/h1-5,7-20,41-42H,6,21-33,51H2,(H2,52,62)(H,53,59)(H,54,63)(H,55,64)(H,56,60)(H,57,65)/b20-19+/t41-,42-,50-/m0/s1. The molecule has 2 aliphatic rings. The van der Waals surface area contributed by atoms with E-state index in [0.29, 0.717) is 49.2 Å². The molecule has 2 heterocycles. The maximum atomic E-state index is 14.9. The Morgan fingerprint density at radius 1 is 0.788 bits per heavy atom. The summed E-state index contributed by atoms with van der Waals surface area (Å²) in [4.78, 5) is 96.1. The number of hydrogen-bond donors (Lipinski definition) is 7. The van der Waals surface area contributed by atoms with Crippen molar-refractivity contribution < 1.29 is 38.3 Å². The predicted octanol–water partition coefficient (Wildman–Crippen LogP) is 1.84. The van der Waals surface area contributed by atoms with E-state index in [-0.39, 0.29) is 58.5 Å². The Balaban J connectivity index is 1.30. The molecule has 1 fully saturated rings. The van der Waals surface area contributed by atoms with Crippen LogP contribution in [0.5, 0.6) is 0 Å². The third-order valence-corrected chi connectivity index (χ3v) is 11.8. The van der Waals surface area contributed by atoms with Crippen molar-refractivity contribution in [3.63, 3.8) is 0 Å². The van der Waals surface area contributed by atoms with E-state index in [9.17, 15) is 33.6 Å². The van der Waals surface area contributed by atoms with Crippen LogP contribution in [-0.4, -0.2) is 104 Å². The van der Waals surface area contributed by atoms with E-state index < -0.39 is 58.8 Å². The average Bonchev–Trinajstić information content (AvgIpc) is 3.32. The van der Waals surface area contributed by atoms with Gasteiger partial charge < -0.3 is 47.7 Å². The fourth-order valence-corrected chi connectivity index (χ4v) is 8.23. The average molecular weight is 899 g/mol. The third kappa shape index (κ3) is 13.7. The van der Waals surface area contributed by atoms with Crippen LogP contribution in [0, 0.1) is 5.41 Å². The van der Waals surface area contributed by atoms with Crippen LogP contribution >= 0.6 is 0 Å². The van der Waals surface area contributed by atoms with Gasteiger partial charge in [-0.05, 0) is 71.2 Å². The Bertz CT molecular complexity index is 2370. The van der Waals surface area contributed by atoms with Crippen LogP contribution in [0.25, 0.3) is 11.1 Å². The number of carbonyl (C=O) groups is 7. The fourth-order valence-electron chi connectivity index (χ4n) is 8.23. The minimum absolute atomic E-state index is 0.00357. The van der Waals surface area contributed by atoms with Crippen LogP contribution < -0.4 is 38.1 Å². The highest BCUT2D eigenvalue weighted by Gasteiger charge is 2.44. The monoisotopic (exact) mass is 898 g/mol. The van der Waals surface area contributed by atoms with Gasteiger partial charge in [-0.1, -0.05) is 91.0 Å². The van der Waals surface area contributed by atoms with Gasteiger partial charge in [0, 0.05) is 63.4 Å². The van der Waals surface area contributed by atoms with Crippen LogP contribution in [0.15, 0.2) is 115 Å². The zero-order valence-electron chi connectivity index (χ0n) is 36.9. The second-order valence-corrected chi connectivity index (χ2v) is 16.6. The first-order valence-electron chi connectivity index (χ1n) is 22.2. The highest BCUT2D eigenvalue weighted by molar-refractivity contribution is 5.98. The number of nitrogens with one attached hydrogen (secondary N) is 5. The van der Waals surface area contributed by atoms with Crippen LogP contribution in [-0.2, 0) is 59.3 Å². The number of ether oxygens (including phenoxy) is 1. The molecule has 346 valence electrons. The molecule has 16 heteroatoms. The van der Waals surface area contributed by atoms with Gasteiger partial charge in [-0.3, -0.25) is 33.6 Å². The van der Waals surface area contributed by atoms with E-state index in [0.717, 1.165) is 34.4 Å². The molecule has 2 bridgehead atoms. The van der Waals surface area contributed by atoms with Crippen molar-refractivity contribution in [1.82, 2.24) is 31.5 Å². The van der Waals surface area contributed by atoms with Crippen LogP contribution in [0.4, 0.5) is 0 Å². The normalized spacial score (nSPS) is 20.5. The molecule has 6 rings (SSSR count). The molecule has 0 spiro atoms. The number of carbonyl (C=O) groups excluding carboxylic acids is 7. The molecule has 0 unspecified atom stereocenters. The summed E-state index contributed by atoms with van der Waals surface area (Å²) in [5, 5.41) is 14.3. The van der Waals surface area contributed by atoms with Crippen molar-refractivity contribution in [3.05, 3.63) is 143 Å². The molecule has 16 nitrogen and oxygen atoms in total. The minimum atomic E-state index is -1.13. The summed E-state index contributed by atoms with van der Waals surface area (Å²) >= 11 is 0. The third-order valence-electron chi connectivity index (χ3n) is 11.8. The zero-order valence-corrected chi connectivity index (χ0v) is 36.9. The zero-order chi connectivity index (χ0) is 46.9. The van der Waals surface area contributed by atoms with Crippen molar-refractivity contribution in [1.29, 1.82) is 0 Å². The molecule has 1 saturated heterocycles. The molecule has 0 radical (unpaired) electrons. The van der Waals surface area contributed by atoms with E-state index in [1.54, 1.807) is 53.4 Å². The van der Waals surface area contributed by atoms with Crippen LogP contribution in [0.1, 0.15) is 51.9 Å². The summed E-state index contributed by atoms with van der Waals surface area (Å²) in [6.07, 6.45) is 3.54. The summed E-state index contributed by atoms with van der Waals surface area (Å²) < 4.78 is 5.36. The molecule has 3 atom stereocenters. The molecular formula is C50H58N8O8. The van der Waals surface area contributed by atoms with Crippen LogP contribution in [0.2, 0.25) is 0 Å². The van der Waals surface area contributed by atoms with Crippen molar-refractivity contribution in [2.24, 2.45) is 16.9 Å². The molecule has 2 aliphatic heterocycles. The number of amides is 7. The van der Waals surface area contributed by atoms with Gasteiger partial charge in [-0.25, -0.2) is 0 Å². The number of nitrogens with zero attached hydrogens (tertiary/aromatic N) is 1. The summed E-state index contributed by atoms with van der Waals surface area (Å²) in [7, 11) is 0. The Morgan fingerprint density at radius 2 is 1.48 bits per heavy atom. The molecule has 4 aromatic carbocycles. The summed E-state index contributed by atoms with van der Waals surface area (Å²) in [5.74, 6) is -3.35. The Labute approximate surface area is 384 Å². The van der Waals surface area contributed by atoms with E-state index in [1.807, 2.05) is 54.6 Å². The van der Waals surface area contributed by atoms with Gasteiger partial charge in [0.1, 0.15) is 12.1 Å². The molecule has 4 aromatic rings. The lowest BCUT2D eigenvalue weighted by Gasteiger charge is -2.42. The van der Waals surface area contributed by atoms with Gasteiger partial charge in [0.25, 0.3) is 0 Å². The predicted molar refractivity (Wildman–Crippen MR) is 248 cm³/mol. The van der Waals surface area contributed by atoms with Gasteiger partial charge in [-0.15, -0.1) is 0 Å². The number of primary amides is 1. The van der Waals surface area contributed by atoms with Gasteiger partial charge in [0.05, 0.1) is 25.0 Å². The van der Waals surface area contributed by atoms with Crippen molar-refractivity contribution >= 4 is 41.4 Å². The molecule has 0 aliphatic carbocycles. The lowest BCUT2D eigenvalue weighted by atomic mass is 9.74. The lowest BCUT2D eigenvalue weighted by Crippen LogP contribution is -2.58.